The fourth-order valence-electron chi connectivity index (χ4n) is 2.05. The molecular weight excluding hydrogens is 232 g/mol. The van der Waals surface area contributed by atoms with Gasteiger partial charge in [-0.25, -0.2) is 0 Å². The van der Waals surface area contributed by atoms with E-state index in [2.05, 4.69) is 6.92 Å². The number of benzene rings is 2. The number of rotatable bonds is 5. The van der Waals surface area contributed by atoms with Crippen molar-refractivity contribution in [2.45, 2.75) is 19.8 Å². The van der Waals surface area contributed by atoms with E-state index in [4.69, 9.17) is 0 Å². The van der Waals surface area contributed by atoms with E-state index in [-0.39, 0.29) is 5.78 Å². The van der Waals surface area contributed by atoms with Crippen molar-refractivity contribution in [2.24, 2.45) is 0 Å². The van der Waals surface area contributed by atoms with E-state index >= 15 is 0 Å². The molecule has 96 valence electrons. The van der Waals surface area contributed by atoms with Gasteiger partial charge in [-0.1, -0.05) is 74.0 Å². The van der Waals surface area contributed by atoms with Gasteiger partial charge in [0.05, 0.1) is 0 Å². The molecule has 0 aliphatic carbocycles. The Kier molecular flexibility index (Phi) is 4.68. The molecule has 2 aromatic rings. The lowest BCUT2D eigenvalue weighted by atomic mass is 9.97. The largest absolute Gasteiger partial charge is 0.289 e. The average Bonchev–Trinajstić information content (AvgIpc) is 2.48. The van der Waals surface area contributed by atoms with Crippen LogP contribution in [0.3, 0.4) is 0 Å². The van der Waals surface area contributed by atoms with E-state index < -0.39 is 0 Å². The zero-order valence-corrected chi connectivity index (χ0v) is 11.2. The van der Waals surface area contributed by atoms with Gasteiger partial charge in [0.1, 0.15) is 0 Å². The predicted molar refractivity (Wildman–Crippen MR) is 80.1 cm³/mol. The monoisotopic (exact) mass is 250 g/mol. The molecule has 1 nitrogen and oxygen atoms in total. The van der Waals surface area contributed by atoms with Gasteiger partial charge in [0.2, 0.25) is 0 Å². The summed E-state index contributed by atoms with van der Waals surface area (Å²) < 4.78 is 0. The molecule has 0 aliphatic rings. The van der Waals surface area contributed by atoms with E-state index in [0.29, 0.717) is 0 Å². The van der Waals surface area contributed by atoms with Crippen molar-refractivity contribution in [3.05, 3.63) is 77.4 Å². The topological polar surface area (TPSA) is 17.1 Å². The zero-order valence-electron chi connectivity index (χ0n) is 11.2. The molecule has 0 unspecified atom stereocenters. The van der Waals surface area contributed by atoms with Crippen LogP contribution in [0.25, 0.3) is 6.08 Å². The fourth-order valence-corrected chi connectivity index (χ4v) is 2.05. The maximum absolute atomic E-state index is 12.5. The molecule has 2 aromatic carbocycles. The SMILES string of the molecule is CCC/C(=C\c1ccccc1)C(=O)c1ccccc1. The summed E-state index contributed by atoms with van der Waals surface area (Å²) in [7, 11) is 0. The molecule has 2 rings (SSSR count). The minimum absolute atomic E-state index is 0.131. The third-order valence-electron chi connectivity index (χ3n) is 2.99. The first-order valence-electron chi connectivity index (χ1n) is 6.66. The van der Waals surface area contributed by atoms with E-state index in [1.165, 1.54) is 0 Å². The van der Waals surface area contributed by atoms with Crippen molar-refractivity contribution in [3.8, 4) is 0 Å². The minimum atomic E-state index is 0.131. The van der Waals surface area contributed by atoms with Crippen LogP contribution in [0.5, 0.6) is 0 Å². The molecule has 0 spiro atoms. The van der Waals surface area contributed by atoms with Crippen molar-refractivity contribution >= 4 is 11.9 Å². The highest BCUT2D eigenvalue weighted by Crippen LogP contribution is 2.17. The van der Waals surface area contributed by atoms with Crippen LogP contribution in [0.4, 0.5) is 0 Å². The molecule has 0 bridgehead atoms. The molecule has 0 saturated heterocycles. The summed E-state index contributed by atoms with van der Waals surface area (Å²) in [5, 5.41) is 0. The quantitative estimate of drug-likeness (QED) is 0.552. The van der Waals surface area contributed by atoms with Gasteiger partial charge in [-0.05, 0) is 18.1 Å². The van der Waals surface area contributed by atoms with Crippen LogP contribution in [-0.4, -0.2) is 5.78 Å². The number of ketones is 1. The molecule has 0 atom stereocenters. The predicted octanol–water partition coefficient (Wildman–Crippen LogP) is 4.75. The Hall–Kier alpha value is -2.15. The van der Waals surface area contributed by atoms with Crippen LogP contribution < -0.4 is 0 Å². The molecule has 0 radical (unpaired) electrons. The third-order valence-corrected chi connectivity index (χ3v) is 2.99. The van der Waals surface area contributed by atoms with Crippen LogP contribution in [0.2, 0.25) is 0 Å². The van der Waals surface area contributed by atoms with Gasteiger partial charge in [0.15, 0.2) is 5.78 Å². The van der Waals surface area contributed by atoms with Crippen molar-refractivity contribution in [2.75, 3.05) is 0 Å². The number of allylic oxidation sites excluding steroid dienone is 1. The molecule has 0 aliphatic heterocycles. The highest BCUT2D eigenvalue weighted by molar-refractivity contribution is 6.11. The third kappa shape index (κ3) is 3.65. The van der Waals surface area contributed by atoms with Crippen LogP contribution in [-0.2, 0) is 0 Å². The van der Waals surface area contributed by atoms with Crippen LogP contribution in [0.1, 0.15) is 35.7 Å². The van der Waals surface area contributed by atoms with Gasteiger partial charge in [0.25, 0.3) is 0 Å². The molecule has 0 saturated carbocycles. The highest BCUT2D eigenvalue weighted by atomic mass is 16.1. The maximum Gasteiger partial charge on any atom is 0.189 e. The second kappa shape index (κ2) is 6.69. The summed E-state index contributed by atoms with van der Waals surface area (Å²) in [5.41, 5.74) is 2.72. The number of carbonyl (C=O) groups is 1. The van der Waals surface area contributed by atoms with E-state index in [1.54, 1.807) is 0 Å². The number of carbonyl (C=O) groups excluding carboxylic acids is 1. The molecule has 0 amide bonds. The number of hydrogen-bond acceptors (Lipinski definition) is 1. The van der Waals surface area contributed by atoms with E-state index in [1.807, 2.05) is 66.7 Å². The maximum atomic E-state index is 12.5. The first-order chi connectivity index (χ1) is 9.31. The van der Waals surface area contributed by atoms with Gasteiger partial charge in [0, 0.05) is 11.1 Å². The molecule has 0 aromatic heterocycles. The second-order valence-corrected chi connectivity index (χ2v) is 4.53. The molecule has 0 fully saturated rings. The first kappa shape index (κ1) is 13.3. The lowest BCUT2D eigenvalue weighted by Gasteiger charge is -2.06. The van der Waals surface area contributed by atoms with Crippen molar-refractivity contribution < 1.29 is 4.79 Å². The minimum Gasteiger partial charge on any atom is -0.289 e. The first-order valence-corrected chi connectivity index (χ1v) is 6.66. The summed E-state index contributed by atoms with van der Waals surface area (Å²) in [6.45, 7) is 2.09. The fraction of sp³-hybridized carbons (Fsp3) is 0.167. The Morgan fingerprint density at radius 1 is 0.947 bits per heavy atom. The Bertz CT molecular complexity index is 553. The highest BCUT2D eigenvalue weighted by Gasteiger charge is 2.10. The van der Waals surface area contributed by atoms with Crippen molar-refractivity contribution in [1.82, 2.24) is 0 Å². The lowest BCUT2D eigenvalue weighted by Crippen LogP contribution is -2.03. The van der Waals surface area contributed by atoms with Crippen LogP contribution >= 0.6 is 0 Å². The van der Waals surface area contributed by atoms with Crippen LogP contribution in [0.15, 0.2) is 66.2 Å². The van der Waals surface area contributed by atoms with Gasteiger partial charge >= 0.3 is 0 Å². The number of hydrogen-bond donors (Lipinski definition) is 0. The molecule has 0 N–H and O–H groups in total. The molecular formula is C18H18O. The van der Waals surface area contributed by atoms with E-state index in [9.17, 15) is 4.79 Å². The van der Waals surface area contributed by atoms with Gasteiger partial charge in [-0.3, -0.25) is 4.79 Å². The normalized spacial score (nSPS) is 11.3. The van der Waals surface area contributed by atoms with Gasteiger partial charge < -0.3 is 0 Å². The summed E-state index contributed by atoms with van der Waals surface area (Å²) >= 11 is 0. The molecule has 0 heterocycles. The standard InChI is InChI=1S/C18H18O/c1-2-9-17(14-15-10-5-3-6-11-15)18(19)16-12-7-4-8-13-16/h3-8,10-14H,2,9H2,1H3/b17-14+. The number of Topliss-reactive ketones (excluding diaryl/α,β-unsaturated/α-hetero) is 1. The lowest BCUT2D eigenvalue weighted by molar-refractivity contribution is 0.103. The second-order valence-electron chi connectivity index (χ2n) is 4.53. The van der Waals surface area contributed by atoms with Crippen LogP contribution in [0, 0.1) is 0 Å². The molecule has 19 heavy (non-hydrogen) atoms. The summed E-state index contributed by atoms with van der Waals surface area (Å²) in [6, 6.07) is 19.5. The summed E-state index contributed by atoms with van der Waals surface area (Å²) in [6.07, 6.45) is 3.78. The average molecular weight is 250 g/mol. The Labute approximate surface area is 114 Å². The van der Waals surface area contributed by atoms with Gasteiger partial charge in [-0.2, -0.15) is 0 Å². The smallest absolute Gasteiger partial charge is 0.189 e. The molecule has 1 heteroatoms. The van der Waals surface area contributed by atoms with Gasteiger partial charge in [-0.15, -0.1) is 0 Å². The summed E-state index contributed by atoms with van der Waals surface area (Å²) in [5.74, 6) is 0.131. The Morgan fingerprint density at radius 3 is 2.11 bits per heavy atom. The zero-order chi connectivity index (χ0) is 13.5. The Morgan fingerprint density at radius 2 is 1.53 bits per heavy atom. The summed E-state index contributed by atoms with van der Waals surface area (Å²) in [4.78, 5) is 12.5. The van der Waals surface area contributed by atoms with Crippen molar-refractivity contribution in [3.63, 3.8) is 0 Å². The van der Waals surface area contributed by atoms with E-state index in [0.717, 1.165) is 29.5 Å². The van der Waals surface area contributed by atoms with Crippen molar-refractivity contribution in [1.29, 1.82) is 0 Å². The Balaban J connectivity index is 2.31.